The van der Waals surface area contributed by atoms with Crippen molar-refractivity contribution in [1.29, 1.82) is 0 Å². The van der Waals surface area contributed by atoms with Crippen molar-refractivity contribution in [2.45, 2.75) is 32.2 Å². The Hall–Kier alpha value is -3.81. The first-order valence-corrected chi connectivity index (χ1v) is 9.63. The number of fused-ring (bicyclic) bond motifs is 2. The summed E-state index contributed by atoms with van der Waals surface area (Å²) in [6.45, 7) is 1.95. The molecular formula is C20H18F6N6O2. The Labute approximate surface area is 187 Å². The van der Waals surface area contributed by atoms with Gasteiger partial charge < -0.3 is 16.6 Å². The summed E-state index contributed by atoms with van der Waals surface area (Å²) in [7, 11) is 0. The third-order valence-electron chi connectivity index (χ3n) is 4.78. The van der Waals surface area contributed by atoms with Crippen molar-refractivity contribution < 1.29 is 36.2 Å². The molecule has 0 saturated carbocycles. The summed E-state index contributed by atoms with van der Waals surface area (Å²) in [4.78, 5) is 17.4. The van der Waals surface area contributed by atoms with E-state index in [1.807, 2.05) is 0 Å². The number of aromatic carboxylic acids is 1. The highest BCUT2D eigenvalue weighted by molar-refractivity contribution is 5.93. The highest BCUT2D eigenvalue weighted by Crippen LogP contribution is 2.32. The summed E-state index contributed by atoms with van der Waals surface area (Å²) in [6.07, 6.45) is -6.12. The van der Waals surface area contributed by atoms with Crippen LogP contribution in [-0.4, -0.2) is 29.8 Å². The van der Waals surface area contributed by atoms with E-state index in [0.717, 1.165) is 8.80 Å². The second-order valence-corrected chi connectivity index (χ2v) is 7.05. The molecule has 0 atom stereocenters. The van der Waals surface area contributed by atoms with Crippen LogP contribution < -0.4 is 11.5 Å². The number of halogens is 6. The normalized spacial score (nSPS) is 12.1. The summed E-state index contributed by atoms with van der Waals surface area (Å²) in [6, 6.07) is 6.02. The lowest BCUT2D eigenvalue weighted by Crippen LogP contribution is -2.11. The number of nitrogens with zero attached hydrogens (tertiary/aromatic N) is 4. The average molecular weight is 488 g/mol. The lowest BCUT2D eigenvalue weighted by atomic mass is 10.2. The second kappa shape index (κ2) is 8.85. The lowest BCUT2D eigenvalue weighted by molar-refractivity contribution is -0.146. The van der Waals surface area contributed by atoms with Gasteiger partial charge in [0.1, 0.15) is 5.82 Å². The minimum absolute atomic E-state index is 0.0629. The molecule has 34 heavy (non-hydrogen) atoms. The molecule has 0 aliphatic rings. The van der Waals surface area contributed by atoms with Crippen molar-refractivity contribution in [3.05, 3.63) is 65.1 Å². The number of anilines is 1. The predicted molar refractivity (Wildman–Crippen MR) is 109 cm³/mol. The van der Waals surface area contributed by atoms with Crippen LogP contribution in [0.2, 0.25) is 0 Å². The Morgan fingerprint density at radius 2 is 1.41 bits per heavy atom. The van der Waals surface area contributed by atoms with Gasteiger partial charge in [-0.2, -0.15) is 26.3 Å². The van der Waals surface area contributed by atoms with Crippen molar-refractivity contribution in [3.63, 3.8) is 0 Å². The van der Waals surface area contributed by atoms with E-state index in [1.54, 1.807) is 19.1 Å². The van der Waals surface area contributed by atoms with Crippen LogP contribution >= 0.6 is 0 Å². The van der Waals surface area contributed by atoms with E-state index in [4.69, 9.17) is 16.6 Å². The van der Waals surface area contributed by atoms with Crippen LogP contribution in [-0.2, 0) is 25.3 Å². The van der Waals surface area contributed by atoms with Gasteiger partial charge in [-0.05, 0) is 29.7 Å². The first-order valence-electron chi connectivity index (χ1n) is 9.63. The molecule has 0 aliphatic carbocycles. The zero-order chi connectivity index (χ0) is 25.4. The monoisotopic (exact) mass is 488 g/mol. The first kappa shape index (κ1) is 24.8. The fourth-order valence-corrected chi connectivity index (χ4v) is 3.17. The van der Waals surface area contributed by atoms with Gasteiger partial charge in [0.25, 0.3) is 0 Å². The van der Waals surface area contributed by atoms with Gasteiger partial charge in [0.15, 0.2) is 5.69 Å². The van der Waals surface area contributed by atoms with Crippen LogP contribution in [0.5, 0.6) is 0 Å². The fourth-order valence-electron chi connectivity index (χ4n) is 3.17. The highest BCUT2D eigenvalue weighted by atomic mass is 19.4. The van der Waals surface area contributed by atoms with Gasteiger partial charge in [-0.1, -0.05) is 19.1 Å². The molecule has 0 saturated heterocycles. The molecule has 8 nitrogen and oxygen atoms in total. The van der Waals surface area contributed by atoms with Gasteiger partial charge >= 0.3 is 18.3 Å². The predicted octanol–water partition coefficient (Wildman–Crippen LogP) is 4.01. The molecule has 0 bridgehead atoms. The summed E-state index contributed by atoms with van der Waals surface area (Å²) in [5.74, 6) is -3.87. The number of aryl methyl sites for hydroxylation is 1. The maximum absolute atomic E-state index is 12.8. The van der Waals surface area contributed by atoms with Gasteiger partial charge in [0.2, 0.25) is 11.6 Å². The van der Waals surface area contributed by atoms with E-state index in [1.165, 1.54) is 24.5 Å². The number of nitrogen functional groups attached to an aromatic ring is 1. The van der Waals surface area contributed by atoms with E-state index in [9.17, 15) is 31.1 Å². The molecule has 0 fully saturated rings. The maximum atomic E-state index is 12.8. The molecule has 5 N–H and O–H groups in total. The van der Waals surface area contributed by atoms with Crippen LogP contribution in [0.1, 0.15) is 40.2 Å². The third-order valence-corrected chi connectivity index (χ3v) is 4.78. The van der Waals surface area contributed by atoms with Crippen molar-refractivity contribution >= 4 is 22.8 Å². The zero-order valence-electron chi connectivity index (χ0n) is 17.4. The topological polar surface area (TPSA) is 124 Å². The molecule has 182 valence electrons. The van der Waals surface area contributed by atoms with Crippen molar-refractivity contribution in [1.82, 2.24) is 18.8 Å². The lowest BCUT2D eigenvalue weighted by Gasteiger charge is -2.06. The largest absolute Gasteiger partial charge is 0.476 e. The van der Waals surface area contributed by atoms with Crippen LogP contribution in [0, 0.1) is 0 Å². The molecule has 0 radical (unpaired) electrons. The summed E-state index contributed by atoms with van der Waals surface area (Å²) >= 11 is 0. The quantitative estimate of drug-likeness (QED) is 0.375. The standard InChI is InChI=1S/C11H9F3N2O2.C9H9F3N4/c1-2-6-3-4-7-8(9(17)18)15-10(11(12,13)14)16(7)5-6;10-9(11,12)8-15-7(14)6-2-1-5(3-13)4-16(6)8/h3-5H,2H2,1H3,(H,17,18);1-2,4H,3,13-14H2. The molecule has 0 aliphatic heterocycles. The number of rotatable bonds is 3. The molecule has 4 aromatic rings. The number of aromatic nitrogens is 4. The maximum Gasteiger partial charge on any atom is 0.450 e. The number of carboxylic acid groups (broad SMARTS) is 1. The molecule has 4 aromatic heterocycles. The minimum atomic E-state index is -4.69. The fraction of sp³-hybridized carbons (Fsp3) is 0.250. The zero-order valence-corrected chi connectivity index (χ0v) is 17.4. The second-order valence-electron chi connectivity index (χ2n) is 7.05. The molecule has 0 aromatic carbocycles. The minimum Gasteiger partial charge on any atom is -0.476 e. The van der Waals surface area contributed by atoms with Crippen LogP contribution in [0.15, 0.2) is 36.7 Å². The average Bonchev–Trinajstić information content (AvgIpc) is 3.31. The molecular weight excluding hydrogens is 470 g/mol. The van der Waals surface area contributed by atoms with E-state index >= 15 is 0 Å². The summed E-state index contributed by atoms with van der Waals surface area (Å²) in [5.41, 5.74) is 11.6. The Balaban J connectivity index is 0.000000192. The Morgan fingerprint density at radius 3 is 1.94 bits per heavy atom. The Bertz CT molecular complexity index is 1360. The number of hydrogen-bond acceptors (Lipinski definition) is 5. The molecule has 0 amide bonds. The Morgan fingerprint density at radius 1 is 0.912 bits per heavy atom. The number of hydrogen-bond donors (Lipinski definition) is 3. The molecule has 4 heterocycles. The van der Waals surface area contributed by atoms with Gasteiger partial charge in [-0.3, -0.25) is 8.80 Å². The van der Waals surface area contributed by atoms with Crippen molar-refractivity contribution in [3.8, 4) is 0 Å². The summed E-state index contributed by atoms with van der Waals surface area (Å²) < 4.78 is 77.7. The Kier molecular flexibility index (Phi) is 6.46. The number of pyridine rings is 2. The smallest absolute Gasteiger partial charge is 0.450 e. The molecule has 4 rings (SSSR count). The van der Waals surface area contributed by atoms with E-state index in [0.29, 0.717) is 17.5 Å². The SMILES string of the molecule is CCc1ccc2c(C(=O)O)nc(C(F)(F)F)n2c1.NCc1ccc2c(N)nc(C(F)(F)F)n2c1. The van der Waals surface area contributed by atoms with Gasteiger partial charge in [-0.15, -0.1) is 0 Å². The van der Waals surface area contributed by atoms with Crippen molar-refractivity contribution in [2.24, 2.45) is 5.73 Å². The molecule has 0 spiro atoms. The summed E-state index contributed by atoms with van der Waals surface area (Å²) in [5, 5.41) is 8.85. The molecule has 0 unspecified atom stereocenters. The van der Waals surface area contributed by atoms with Crippen LogP contribution in [0.4, 0.5) is 32.2 Å². The first-order chi connectivity index (χ1) is 15.8. The number of carboxylic acids is 1. The van der Waals surface area contributed by atoms with Crippen molar-refractivity contribution in [2.75, 3.05) is 5.73 Å². The van der Waals surface area contributed by atoms with Crippen LogP contribution in [0.3, 0.4) is 0 Å². The van der Waals surface area contributed by atoms with Crippen LogP contribution in [0.25, 0.3) is 11.0 Å². The molecule has 14 heteroatoms. The number of alkyl halides is 6. The van der Waals surface area contributed by atoms with Gasteiger partial charge in [-0.25, -0.2) is 14.8 Å². The number of carbonyl (C=O) groups is 1. The van der Waals surface area contributed by atoms with E-state index in [2.05, 4.69) is 9.97 Å². The third kappa shape index (κ3) is 4.76. The van der Waals surface area contributed by atoms with Gasteiger partial charge in [0, 0.05) is 18.9 Å². The highest BCUT2D eigenvalue weighted by Gasteiger charge is 2.38. The van der Waals surface area contributed by atoms with Gasteiger partial charge in [0.05, 0.1) is 11.0 Å². The number of imidazole rings is 2. The van der Waals surface area contributed by atoms with E-state index in [-0.39, 0.29) is 23.4 Å². The van der Waals surface area contributed by atoms with E-state index < -0.39 is 35.7 Å². The number of nitrogens with two attached hydrogens (primary N) is 2.